The van der Waals surface area contributed by atoms with Crippen LogP contribution in [0.2, 0.25) is 0 Å². The van der Waals surface area contributed by atoms with Gasteiger partial charge in [0.2, 0.25) is 0 Å². The molecule has 128 valence electrons. The number of aromatic nitrogens is 1. The lowest BCUT2D eigenvalue weighted by molar-refractivity contribution is -0.704. The summed E-state index contributed by atoms with van der Waals surface area (Å²) in [5.74, 6) is 0. The Morgan fingerprint density at radius 2 is 1.50 bits per heavy atom. The topological polar surface area (TPSA) is 24.1 Å². The van der Waals surface area contributed by atoms with Crippen molar-refractivity contribution in [2.75, 3.05) is 6.61 Å². The molecule has 0 aliphatic carbocycles. The van der Waals surface area contributed by atoms with E-state index in [9.17, 15) is 0 Å². The van der Waals surface area contributed by atoms with Gasteiger partial charge >= 0.3 is 0 Å². The molecule has 1 heterocycles. The van der Waals surface area contributed by atoms with E-state index in [4.69, 9.17) is 5.11 Å². The van der Waals surface area contributed by atoms with Gasteiger partial charge in [0.15, 0.2) is 11.9 Å². The van der Waals surface area contributed by atoms with E-state index in [2.05, 4.69) is 35.9 Å². The largest absolute Gasteiger partial charge is 1.00 e. The Bertz CT molecular complexity index is 357. The Morgan fingerprint density at radius 3 is 2.14 bits per heavy atom. The predicted molar refractivity (Wildman–Crippen MR) is 89.3 cm³/mol. The molecular weight excluding hydrogens is 294 g/mol. The number of nitrogens with zero attached hydrogens (tertiary/aromatic N) is 1. The quantitative estimate of drug-likeness (QED) is 0.430. The number of aliphatic hydroxyl groups excluding tert-OH is 1. The van der Waals surface area contributed by atoms with Gasteiger partial charge < -0.3 is 17.5 Å². The maximum atomic E-state index is 8.72. The summed E-state index contributed by atoms with van der Waals surface area (Å²) < 4.78 is 2.44. The van der Waals surface area contributed by atoms with Crippen LogP contribution in [-0.2, 0) is 13.0 Å². The molecule has 0 spiro atoms. The summed E-state index contributed by atoms with van der Waals surface area (Å²) in [4.78, 5) is 0. The first-order chi connectivity index (χ1) is 10.4. The summed E-state index contributed by atoms with van der Waals surface area (Å²) in [6.45, 7) is 3.78. The van der Waals surface area contributed by atoms with Gasteiger partial charge in [0.25, 0.3) is 0 Å². The molecule has 0 aromatic carbocycles. The van der Waals surface area contributed by atoms with Crippen molar-refractivity contribution < 1.29 is 22.1 Å². The molecule has 1 rings (SSSR count). The number of halogens is 1. The normalized spacial score (nSPS) is 10.5. The van der Waals surface area contributed by atoms with Crippen molar-refractivity contribution >= 4 is 0 Å². The second-order valence-corrected chi connectivity index (χ2v) is 6.04. The highest BCUT2D eigenvalue weighted by Gasteiger charge is 2.08. The zero-order valence-corrected chi connectivity index (χ0v) is 15.0. The highest BCUT2D eigenvalue weighted by Crippen LogP contribution is 2.08. The lowest BCUT2D eigenvalue weighted by atomic mass is 10.1. The van der Waals surface area contributed by atoms with Gasteiger partial charge in [-0.15, -0.1) is 0 Å². The monoisotopic (exact) mass is 327 g/mol. The second kappa shape index (κ2) is 15.3. The van der Waals surface area contributed by atoms with Crippen molar-refractivity contribution in [2.24, 2.45) is 0 Å². The van der Waals surface area contributed by atoms with E-state index >= 15 is 0 Å². The van der Waals surface area contributed by atoms with Crippen molar-refractivity contribution in [1.29, 1.82) is 0 Å². The van der Waals surface area contributed by atoms with E-state index < -0.39 is 0 Å². The fourth-order valence-corrected chi connectivity index (χ4v) is 2.77. The van der Waals surface area contributed by atoms with Crippen molar-refractivity contribution in [1.82, 2.24) is 0 Å². The Morgan fingerprint density at radius 1 is 0.864 bits per heavy atom. The average molecular weight is 328 g/mol. The minimum absolute atomic E-state index is 0. The third-order valence-corrected chi connectivity index (χ3v) is 4.13. The summed E-state index contributed by atoms with van der Waals surface area (Å²) in [5.41, 5.74) is 1.49. The maximum Gasteiger partial charge on any atom is 0.181 e. The van der Waals surface area contributed by atoms with Gasteiger partial charge in [-0.1, -0.05) is 51.5 Å². The predicted octanol–water partition coefficient (Wildman–Crippen LogP) is 1.43. The Hall–Kier alpha value is -0.600. The van der Waals surface area contributed by atoms with Crippen molar-refractivity contribution in [2.45, 2.75) is 84.1 Å². The zero-order chi connectivity index (χ0) is 15.2. The molecule has 0 radical (unpaired) electrons. The minimum Gasteiger partial charge on any atom is -1.00 e. The zero-order valence-electron chi connectivity index (χ0n) is 14.3. The Labute approximate surface area is 143 Å². The first kappa shape index (κ1) is 21.4. The number of aryl methyl sites for hydroxylation is 2. The van der Waals surface area contributed by atoms with Crippen LogP contribution in [0.1, 0.15) is 76.8 Å². The lowest BCUT2D eigenvalue weighted by Gasteiger charge is -2.04. The fourth-order valence-electron chi connectivity index (χ4n) is 2.77. The molecule has 1 aromatic heterocycles. The van der Waals surface area contributed by atoms with Crippen molar-refractivity contribution in [3.05, 3.63) is 30.1 Å². The molecule has 0 amide bonds. The molecule has 0 atom stereocenters. The van der Waals surface area contributed by atoms with Crippen LogP contribution in [0.3, 0.4) is 0 Å². The van der Waals surface area contributed by atoms with E-state index in [-0.39, 0.29) is 12.4 Å². The number of pyridine rings is 1. The van der Waals surface area contributed by atoms with Gasteiger partial charge in [0, 0.05) is 31.6 Å². The molecule has 2 nitrogen and oxygen atoms in total. The molecule has 0 unspecified atom stereocenters. The van der Waals surface area contributed by atoms with E-state index in [0.717, 1.165) is 6.42 Å². The summed E-state index contributed by atoms with van der Waals surface area (Å²) in [6.07, 6.45) is 16.1. The summed E-state index contributed by atoms with van der Waals surface area (Å²) >= 11 is 0. The molecule has 0 aliphatic heterocycles. The number of rotatable bonds is 13. The third kappa shape index (κ3) is 10.2. The number of hydrogen-bond donors (Lipinski definition) is 1. The van der Waals surface area contributed by atoms with Gasteiger partial charge in [-0.3, -0.25) is 0 Å². The van der Waals surface area contributed by atoms with Crippen LogP contribution in [0.25, 0.3) is 0 Å². The van der Waals surface area contributed by atoms with Gasteiger partial charge in [0.1, 0.15) is 6.54 Å². The highest BCUT2D eigenvalue weighted by atomic mass is 35.5. The smallest absolute Gasteiger partial charge is 0.181 e. The Kier molecular flexibility index (Phi) is 14.9. The first-order valence-electron chi connectivity index (χ1n) is 8.96. The van der Waals surface area contributed by atoms with Crippen molar-refractivity contribution in [3.63, 3.8) is 0 Å². The van der Waals surface area contributed by atoms with Crippen LogP contribution < -0.4 is 17.0 Å². The van der Waals surface area contributed by atoms with Gasteiger partial charge in [-0.05, 0) is 19.3 Å². The SMILES string of the molecule is CCCCc1cccc[n+]1CCCCCCCCCCO.[Cl-]. The Balaban J connectivity index is 0.00000441. The molecule has 0 bridgehead atoms. The molecule has 0 saturated heterocycles. The number of aliphatic hydroxyl groups is 1. The minimum atomic E-state index is 0. The number of hydrogen-bond acceptors (Lipinski definition) is 1. The van der Waals surface area contributed by atoms with Gasteiger partial charge in [-0.2, -0.15) is 0 Å². The molecule has 22 heavy (non-hydrogen) atoms. The molecule has 1 N–H and O–H groups in total. The molecule has 3 heteroatoms. The number of unbranched alkanes of at least 4 members (excludes halogenated alkanes) is 8. The van der Waals surface area contributed by atoms with Crippen LogP contribution in [-0.4, -0.2) is 11.7 Å². The fraction of sp³-hybridized carbons (Fsp3) is 0.737. The lowest BCUT2D eigenvalue weighted by Crippen LogP contribution is -3.00. The molecule has 0 saturated carbocycles. The van der Waals surface area contributed by atoms with Crippen LogP contribution in [0.5, 0.6) is 0 Å². The van der Waals surface area contributed by atoms with E-state index in [1.165, 1.54) is 76.4 Å². The maximum absolute atomic E-state index is 8.72. The first-order valence-corrected chi connectivity index (χ1v) is 8.96. The third-order valence-electron chi connectivity index (χ3n) is 4.13. The molecular formula is C19H34ClNO. The van der Waals surface area contributed by atoms with E-state index in [1.807, 2.05) is 0 Å². The van der Waals surface area contributed by atoms with Crippen LogP contribution >= 0.6 is 0 Å². The average Bonchev–Trinajstić information content (AvgIpc) is 2.52. The van der Waals surface area contributed by atoms with Crippen molar-refractivity contribution in [3.8, 4) is 0 Å². The summed E-state index contributed by atoms with van der Waals surface area (Å²) in [5, 5.41) is 8.72. The van der Waals surface area contributed by atoms with Gasteiger partial charge in [0.05, 0.1) is 0 Å². The standard InChI is InChI=1S/C19H34NO.ClH/c1-2-3-14-19-15-10-12-17-20(19)16-11-8-6-4-5-7-9-13-18-21;/h10,12,15,17,21H,2-9,11,13-14,16,18H2,1H3;1H/q+1;/p-1. The van der Waals surface area contributed by atoms with Crippen LogP contribution in [0.4, 0.5) is 0 Å². The van der Waals surface area contributed by atoms with E-state index in [0.29, 0.717) is 6.61 Å². The summed E-state index contributed by atoms with van der Waals surface area (Å²) in [7, 11) is 0. The molecule has 0 fully saturated rings. The highest BCUT2D eigenvalue weighted by molar-refractivity contribution is 4.97. The van der Waals surface area contributed by atoms with Crippen LogP contribution in [0, 0.1) is 0 Å². The van der Waals surface area contributed by atoms with E-state index in [1.54, 1.807) is 0 Å². The van der Waals surface area contributed by atoms with Gasteiger partial charge in [-0.25, -0.2) is 4.57 Å². The van der Waals surface area contributed by atoms with Crippen LogP contribution in [0.15, 0.2) is 24.4 Å². The summed E-state index contributed by atoms with van der Waals surface area (Å²) in [6, 6.07) is 6.58. The molecule has 1 aromatic rings. The molecule has 0 aliphatic rings. The second-order valence-electron chi connectivity index (χ2n) is 6.04.